The minimum atomic E-state index is -5.05. The molecule has 0 amide bonds. The third-order valence-electron chi connectivity index (χ3n) is 3.59. The zero-order valence-corrected chi connectivity index (χ0v) is 17.0. The van der Waals surface area contributed by atoms with E-state index < -0.39 is 60.0 Å². The van der Waals surface area contributed by atoms with Gasteiger partial charge in [-0.25, -0.2) is 14.2 Å². The van der Waals surface area contributed by atoms with Crippen molar-refractivity contribution in [2.75, 3.05) is 6.61 Å². The summed E-state index contributed by atoms with van der Waals surface area (Å²) in [7, 11) is -5.05. The Morgan fingerprint density at radius 2 is 1.96 bits per heavy atom. The number of alkyl halides is 3. The number of ether oxygens (including phenoxy) is 1. The van der Waals surface area contributed by atoms with Crippen LogP contribution >= 0.6 is 42.6 Å². The molecular weight excluding hydrogens is 469 g/mol. The molecule has 1 fully saturated rings. The van der Waals surface area contributed by atoms with Crippen LogP contribution in [0.5, 0.6) is 0 Å². The number of H-pyrrole nitrogens is 1. The van der Waals surface area contributed by atoms with Gasteiger partial charge in [0.25, 0.3) is 9.35 Å². The summed E-state index contributed by atoms with van der Waals surface area (Å²) in [5.41, 5.74) is -1.44. The Hall–Kier alpha value is -0.950. The van der Waals surface area contributed by atoms with E-state index in [-0.39, 0.29) is 5.56 Å². The van der Waals surface area contributed by atoms with Gasteiger partial charge in [-0.1, -0.05) is 34.8 Å². The largest absolute Gasteiger partial charge is 0.529 e. The van der Waals surface area contributed by atoms with Gasteiger partial charge in [-0.15, -0.1) is 0 Å². The molecule has 0 aromatic carbocycles. The van der Waals surface area contributed by atoms with Crippen molar-refractivity contribution in [2.24, 2.45) is 0 Å². The number of aromatic nitrogens is 2. The molecule has 158 valence electrons. The van der Waals surface area contributed by atoms with Gasteiger partial charge in [-0.2, -0.15) is 0 Å². The van der Waals surface area contributed by atoms with E-state index in [1.54, 1.807) is 0 Å². The molecular formula is C12H14Cl3N2O10P. The van der Waals surface area contributed by atoms with E-state index in [0.717, 1.165) is 10.8 Å². The Morgan fingerprint density at radius 3 is 2.54 bits per heavy atom. The molecule has 1 aliphatic rings. The van der Waals surface area contributed by atoms with Crippen LogP contribution in [0.25, 0.3) is 0 Å². The smallest absolute Gasteiger partial charge is 0.387 e. The highest BCUT2D eigenvalue weighted by Gasteiger charge is 2.46. The van der Waals surface area contributed by atoms with Gasteiger partial charge in [0.2, 0.25) is 0 Å². The summed E-state index contributed by atoms with van der Waals surface area (Å²) in [6.07, 6.45) is -5.06. The molecule has 12 nitrogen and oxygen atoms in total. The molecule has 1 unspecified atom stereocenters. The molecule has 1 aliphatic heterocycles. The lowest BCUT2D eigenvalue weighted by Gasteiger charge is -2.18. The van der Waals surface area contributed by atoms with Crippen molar-refractivity contribution in [3.63, 3.8) is 0 Å². The first-order valence-corrected chi connectivity index (χ1v) is 9.97. The number of rotatable bonds is 5. The summed E-state index contributed by atoms with van der Waals surface area (Å²) >= 11 is 15.6. The lowest BCUT2D eigenvalue weighted by atomic mass is 10.1. The molecule has 0 bridgehead atoms. The molecule has 5 atom stereocenters. The average molecular weight is 484 g/mol. The van der Waals surface area contributed by atoms with E-state index in [1.165, 1.54) is 6.92 Å². The number of hydrogen-bond acceptors (Lipinski definition) is 9. The summed E-state index contributed by atoms with van der Waals surface area (Å²) in [5, 5.41) is 20.1. The quantitative estimate of drug-likeness (QED) is 0.315. The summed E-state index contributed by atoms with van der Waals surface area (Å²) in [6, 6.07) is 0. The highest BCUT2D eigenvalue weighted by molar-refractivity contribution is 7.48. The van der Waals surface area contributed by atoms with E-state index in [1.807, 2.05) is 4.98 Å². The van der Waals surface area contributed by atoms with Gasteiger partial charge in [0.15, 0.2) is 6.23 Å². The van der Waals surface area contributed by atoms with Crippen LogP contribution in [0.4, 0.5) is 0 Å². The normalized spacial score (nSPS) is 27.4. The third-order valence-corrected chi connectivity index (χ3v) is 4.92. The Kier molecular flexibility index (Phi) is 7.02. The standard InChI is InChI=1S/C12H14Cl3N2O10P/c1-4-2-17(11(22)16-8(4)20)9-7(19)6(18)5(26-9)3-25-28(23,24)27-10(21)12(13,14)15/h2,5-7,9,18-19H,3H2,1H3,(H,23,24)(H,16,20,22)/t5-,6-,7-,9-/m1/s1. The second-order valence-electron chi connectivity index (χ2n) is 5.67. The van der Waals surface area contributed by atoms with Crippen molar-refractivity contribution in [2.45, 2.75) is 35.3 Å². The molecule has 0 aliphatic carbocycles. The molecule has 0 spiro atoms. The van der Waals surface area contributed by atoms with E-state index in [9.17, 15) is 34.1 Å². The van der Waals surface area contributed by atoms with Gasteiger partial charge < -0.3 is 19.5 Å². The minimum absolute atomic E-state index is 0.128. The van der Waals surface area contributed by atoms with Crippen LogP contribution in [0.15, 0.2) is 15.8 Å². The second kappa shape index (κ2) is 8.42. The molecule has 1 aromatic rings. The lowest BCUT2D eigenvalue weighted by molar-refractivity contribution is -0.135. The first-order chi connectivity index (χ1) is 12.7. The minimum Gasteiger partial charge on any atom is -0.387 e. The summed E-state index contributed by atoms with van der Waals surface area (Å²) in [4.78, 5) is 46.1. The number of aromatic amines is 1. The molecule has 2 rings (SSSR count). The van der Waals surface area contributed by atoms with Crippen molar-refractivity contribution in [3.05, 3.63) is 32.6 Å². The number of aryl methyl sites for hydroxylation is 1. The van der Waals surface area contributed by atoms with Gasteiger partial charge in [0.05, 0.1) is 6.61 Å². The van der Waals surface area contributed by atoms with Crippen molar-refractivity contribution in [1.82, 2.24) is 9.55 Å². The number of aliphatic hydroxyl groups is 2. The summed E-state index contributed by atoms with van der Waals surface area (Å²) in [6.45, 7) is 0.556. The van der Waals surface area contributed by atoms with Gasteiger partial charge in [0.1, 0.15) is 18.3 Å². The van der Waals surface area contributed by atoms with Crippen LogP contribution in [0, 0.1) is 6.92 Å². The number of carbonyl (C=O) groups is 1. The zero-order valence-electron chi connectivity index (χ0n) is 13.8. The van der Waals surface area contributed by atoms with Crippen molar-refractivity contribution in [3.8, 4) is 0 Å². The van der Waals surface area contributed by atoms with E-state index >= 15 is 0 Å². The Labute approximate surface area is 171 Å². The first kappa shape index (κ1) is 23.3. The van der Waals surface area contributed by atoms with Gasteiger partial charge in [-0.3, -0.25) is 23.8 Å². The number of nitrogens with zero attached hydrogens (tertiary/aromatic N) is 1. The predicted octanol–water partition coefficient (Wildman–Crippen LogP) is -0.505. The summed E-state index contributed by atoms with van der Waals surface area (Å²) < 4.78 is 23.7. The van der Waals surface area contributed by atoms with Crippen LogP contribution < -0.4 is 11.2 Å². The van der Waals surface area contributed by atoms with Gasteiger partial charge in [-0.05, 0) is 6.92 Å². The van der Waals surface area contributed by atoms with E-state index in [2.05, 4.69) is 9.05 Å². The van der Waals surface area contributed by atoms with Crippen molar-refractivity contribution >= 4 is 48.6 Å². The number of hydrogen-bond donors (Lipinski definition) is 4. The van der Waals surface area contributed by atoms with Crippen molar-refractivity contribution < 1.29 is 38.3 Å². The van der Waals surface area contributed by atoms with Gasteiger partial charge in [0, 0.05) is 11.8 Å². The van der Waals surface area contributed by atoms with Crippen LogP contribution in [-0.4, -0.2) is 59.3 Å². The molecule has 0 saturated carbocycles. The highest BCUT2D eigenvalue weighted by atomic mass is 35.6. The molecule has 1 aromatic heterocycles. The number of halogens is 3. The van der Waals surface area contributed by atoms with Crippen LogP contribution in [-0.2, 0) is 23.1 Å². The van der Waals surface area contributed by atoms with Gasteiger partial charge >= 0.3 is 19.5 Å². The topological polar surface area (TPSA) is 177 Å². The second-order valence-corrected chi connectivity index (χ2v) is 9.32. The first-order valence-electron chi connectivity index (χ1n) is 7.34. The number of carbonyl (C=O) groups excluding carboxylic acids is 1. The predicted molar refractivity (Wildman–Crippen MR) is 94.1 cm³/mol. The molecule has 1 saturated heterocycles. The molecule has 28 heavy (non-hydrogen) atoms. The number of phosphoric ester groups is 1. The Bertz CT molecular complexity index is 912. The third kappa shape index (κ3) is 5.35. The van der Waals surface area contributed by atoms with Crippen LogP contribution in [0.3, 0.4) is 0 Å². The Morgan fingerprint density at radius 1 is 1.36 bits per heavy atom. The van der Waals surface area contributed by atoms with E-state index in [0.29, 0.717) is 0 Å². The number of nitrogens with one attached hydrogen (secondary N) is 1. The zero-order chi connectivity index (χ0) is 21.4. The monoisotopic (exact) mass is 482 g/mol. The van der Waals surface area contributed by atoms with Crippen LogP contribution in [0.1, 0.15) is 11.8 Å². The molecule has 0 radical (unpaired) electrons. The molecule has 16 heteroatoms. The Balaban J connectivity index is 2.10. The fourth-order valence-corrected chi connectivity index (χ4v) is 3.23. The number of phosphoric acid groups is 1. The molecule has 4 N–H and O–H groups in total. The molecule has 2 heterocycles. The highest BCUT2D eigenvalue weighted by Crippen LogP contribution is 2.47. The van der Waals surface area contributed by atoms with Crippen molar-refractivity contribution in [1.29, 1.82) is 0 Å². The fourth-order valence-electron chi connectivity index (χ4n) is 2.22. The maximum Gasteiger partial charge on any atom is 0.529 e. The SMILES string of the molecule is Cc1cn([C@@H]2O[C@H](COP(=O)(O)OC(=O)C(Cl)(Cl)Cl)[C@@H](O)[C@H]2O)c(=O)[nH]c1=O. The summed E-state index contributed by atoms with van der Waals surface area (Å²) in [5.74, 6) is -1.68. The fraction of sp³-hybridized carbons (Fsp3) is 0.583. The lowest BCUT2D eigenvalue weighted by Crippen LogP contribution is -2.38. The van der Waals surface area contributed by atoms with Crippen LogP contribution in [0.2, 0.25) is 0 Å². The maximum atomic E-state index is 11.9. The maximum absolute atomic E-state index is 11.9. The van der Waals surface area contributed by atoms with E-state index in [4.69, 9.17) is 39.5 Å². The average Bonchev–Trinajstić information content (AvgIpc) is 2.83. The number of aliphatic hydroxyl groups excluding tert-OH is 2.